The molecule has 20 heavy (non-hydrogen) atoms. The molecule has 1 aliphatic carbocycles. The highest BCUT2D eigenvalue weighted by Crippen LogP contribution is 2.37. The number of carbonyl (C=O) groups excluding carboxylic acids is 1. The molecule has 0 radical (unpaired) electrons. The Morgan fingerprint density at radius 2 is 2.05 bits per heavy atom. The van der Waals surface area contributed by atoms with E-state index in [1.54, 1.807) is 0 Å². The monoisotopic (exact) mass is 300 g/mol. The first-order valence-electron chi connectivity index (χ1n) is 6.02. The number of hydrogen-bond donors (Lipinski definition) is 1. The van der Waals surface area contributed by atoms with E-state index in [9.17, 15) is 18.0 Å². The maximum absolute atomic E-state index is 12.0. The molecule has 0 saturated heterocycles. The predicted molar refractivity (Wildman–Crippen MR) is 69.5 cm³/mol. The summed E-state index contributed by atoms with van der Waals surface area (Å²) < 4.78 is 36.1. The number of aryl methyl sites for hydroxylation is 1. The van der Waals surface area contributed by atoms with Crippen LogP contribution in [0.1, 0.15) is 28.8 Å². The second-order valence-electron chi connectivity index (χ2n) is 4.37. The molecule has 2 rings (SSSR count). The number of nitriles is 1. The van der Waals surface area contributed by atoms with Crippen LogP contribution in [0.3, 0.4) is 0 Å². The Bertz CT molecular complexity index is 596. The fraction of sp³-hybridized carbons (Fsp3) is 0.385. The van der Waals surface area contributed by atoms with E-state index < -0.39 is 12.0 Å². The van der Waals surface area contributed by atoms with Crippen LogP contribution in [0.2, 0.25) is 0 Å². The second-order valence-corrected chi connectivity index (χ2v) is 5.47. The highest BCUT2D eigenvalue weighted by atomic mass is 32.1. The number of halogens is 3. The molecular formula is C13H11F3N2OS. The maximum atomic E-state index is 12.0. The van der Waals surface area contributed by atoms with Gasteiger partial charge in [0.1, 0.15) is 11.1 Å². The van der Waals surface area contributed by atoms with Crippen molar-refractivity contribution in [2.75, 3.05) is 5.32 Å². The van der Waals surface area contributed by atoms with Crippen LogP contribution < -0.4 is 5.32 Å². The van der Waals surface area contributed by atoms with Gasteiger partial charge in [-0.1, -0.05) is 0 Å². The molecule has 1 heterocycles. The molecule has 0 amide bonds. The number of nitrogens with one attached hydrogen (secondary N) is 1. The zero-order valence-corrected chi connectivity index (χ0v) is 11.2. The smallest absolute Gasteiger partial charge is 0.352 e. The summed E-state index contributed by atoms with van der Waals surface area (Å²) in [4.78, 5) is 11.8. The highest BCUT2D eigenvalue weighted by Gasteiger charge is 2.36. The maximum Gasteiger partial charge on any atom is 0.454 e. The molecule has 1 aromatic rings. The van der Waals surface area contributed by atoms with Crippen LogP contribution in [-0.4, -0.2) is 12.0 Å². The van der Waals surface area contributed by atoms with Crippen molar-refractivity contribution in [2.45, 2.75) is 31.9 Å². The van der Waals surface area contributed by atoms with Crippen LogP contribution in [-0.2, 0) is 17.6 Å². The van der Waals surface area contributed by atoms with Crippen LogP contribution >= 0.6 is 11.3 Å². The van der Waals surface area contributed by atoms with Gasteiger partial charge in [-0.15, -0.1) is 11.3 Å². The van der Waals surface area contributed by atoms with Gasteiger partial charge in [0.05, 0.1) is 5.56 Å². The van der Waals surface area contributed by atoms with Gasteiger partial charge in [0, 0.05) is 17.2 Å². The fourth-order valence-electron chi connectivity index (χ4n) is 2.07. The molecule has 0 atom stereocenters. The summed E-state index contributed by atoms with van der Waals surface area (Å²) in [6.45, 7) is 0. The standard InChI is InChI=1S/C13H11F3N2OS/c14-13(15,16)11(19)5-6-18-12-9(7-17)8-3-1-2-4-10(8)20-12/h5-6,18H,1-4H2/b6-5+. The average molecular weight is 300 g/mol. The van der Waals surface area contributed by atoms with Gasteiger partial charge in [-0.05, 0) is 31.2 Å². The summed E-state index contributed by atoms with van der Waals surface area (Å²) in [7, 11) is 0. The minimum absolute atomic E-state index is 0.430. The molecule has 7 heteroatoms. The lowest BCUT2D eigenvalue weighted by Gasteiger charge is -2.09. The molecule has 0 spiro atoms. The lowest BCUT2D eigenvalue weighted by molar-refractivity contribution is -0.165. The Morgan fingerprint density at radius 3 is 2.70 bits per heavy atom. The lowest BCUT2D eigenvalue weighted by atomic mass is 9.96. The van der Waals surface area contributed by atoms with Crippen LogP contribution in [0.25, 0.3) is 0 Å². The number of fused-ring (bicyclic) bond motifs is 1. The van der Waals surface area contributed by atoms with Crippen molar-refractivity contribution < 1.29 is 18.0 Å². The third-order valence-electron chi connectivity index (χ3n) is 3.01. The first kappa shape index (κ1) is 14.6. The highest BCUT2D eigenvalue weighted by molar-refractivity contribution is 7.16. The van der Waals surface area contributed by atoms with E-state index >= 15 is 0 Å². The third kappa shape index (κ3) is 3.02. The Balaban J connectivity index is 2.15. The van der Waals surface area contributed by atoms with Gasteiger partial charge in [-0.3, -0.25) is 4.79 Å². The van der Waals surface area contributed by atoms with Crippen molar-refractivity contribution in [3.05, 3.63) is 28.3 Å². The molecule has 0 fully saturated rings. The minimum atomic E-state index is -4.87. The normalized spacial score (nSPS) is 14.9. The zero-order chi connectivity index (χ0) is 14.8. The molecule has 0 unspecified atom stereocenters. The van der Waals surface area contributed by atoms with Crippen LogP contribution in [0.5, 0.6) is 0 Å². The third-order valence-corrected chi connectivity index (χ3v) is 4.23. The van der Waals surface area contributed by atoms with Gasteiger partial charge in [-0.25, -0.2) is 0 Å². The van der Waals surface area contributed by atoms with E-state index in [0.717, 1.165) is 42.3 Å². The second kappa shape index (κ2) is 5.67. The number of nitrogens with zero attached hydrogens (tertiary/aromatic N) is 1. The summed E-state index contributed by atoms with van der Waals surface area (Å²) in [5, 5.41) is 12.3. The SMILES string of the molecule is N#Cc1c(N/C=C/C(=O)C(F)(F)F)sc2c1CCCC2. The molecule has 3 nitrogen and oxygen atoms in total. The number of alkyl halides is 3. The van der Waals surface area contributed by atoms with Crippen LogP contribution in [0.15, 0.2) is 12.3 Å². The predicted octanol–water partition coefficient (Wildman–Crippen LogP) is 3.56. The summed E-state index contributed by atoms with van der Waals surface area (Å²) in [5.41, 5.74) is 1.47. The summed E-state index contributed by atoms with van der Waals surface area (Å²) in [5.74, 6) is -1.93. The molecule has 0 saturated carbocycles. The quantitative estimate of drug-likeness (QED) is 0.868. The van der Waals surface area contributed by atoms with E-state index in [4.69, 9.17) is 5.26 Å². The number of rotatable bonds is 3. The van der Waals surface area contributed by atoms with E-state index in [1.807, 2.05) is 0 Å². The molecule has 1 N–H and O–H groups in total. The number of anilines is 1. The number of ketones is 1. The summed E-state index contributed by atoms with van der Waals surface area (Å²) in [6, 6.07) is 2.08. The number of carbonyl (C=O) groups is 1. The first-order valence-corrected chi connectivity index (χ1v) is 6.84. The van der Waals surface area contributed by atoms with Gasteiger partial charge in [0.15, 0.2) is 0 Å². The molecule has 1 aliphatic rings. The van der Waals surface area contributed by atoms with E-state index in [0.29, 0.717) is 16.6 Å². The van der Waals surface area contributed by atoms with Gasteiger partial charge >= 0.3 is 6.18 Å². The average Bonchev–Trinajstić information content (AvgIpc) is 2.74. The molecule has 106 valence electrons. The van der Waals surface area contributed by atoms with E-state index in [1.165, 1.54) is 11.3 Å². The van der Waals surface area contributed by atoms with Crippen molar-refractivity contribution in [2.24, 2.45) is 0 Å². The van der Waals surface area contributed by atoms with Crippen molar-refractivity contribution in [1.29, 1.82) is 5.26 Å². The minimum Gasteiger partial charge on any atom is -0.352 e. The Hall–Kier alpha value is -1.81. The van der Waals surface area contributed by atoms with Gasteiger partial charge < -0.3 is 5.32 Å². The topological polar surface area (TPSA) is 52.9 Å². The van der Waals surface area contributed by atoms with Crippen LogP contribution in [0, 0.1) is 11.3 Å². The number of allylic oxidation sites excluding steroid dienone is 1. The molecule has 1 aromatic heterocycles. The molecule has 0 aromatic carbocycles. The Kier molecular flexibility index (Phi) is 4.14. The Morgan fingerprint density at radius 1 is 1.35 bits per heavy atom. The van der Waals surface area contributed by atoms with Gasteiger partial charge in [-0.2, -0.15) is 18.4 Å². The van der Waals surface area contributed by atoms with Crippen molar-refractivity contribution in [3.8, 4) is 6.07 Å². The molecular weight excluding hydrogens is 289 g/mol. The number of hydrogen-bond acceptors (Lipinski definition) is 4. The van der Waals surface area contributed by atoms with Crippen molar-refractivity contribution in [3.63, 3.8) is 0 Å². The first-order chi connectivity index (χ1) is 9.43. The lowest BCUT2D eigenvalue weighted by Crippen LogP contribution is -2.20. The Labute approximate surface area is 117 Å². The largest absolute Gasteiger partial charge is 0.454 e. The molecule has 0 bridgehead atoms. The fourth-order valence-corrected chi connectivity index (χ4v) is 3.29. The van der Waals surface area contributed by atoms with Gasteiger partial charge in [0.2, 0.25) is 0 Å². The summed E-state index contributed by atoms with van der Waals surface area (Å²) in [6.07, 6.45) is 0.280. The zero-order valence-electron chi connectivity index (χ0n) is 10.4. The number of thiophene rings is 1. The molecule has 0 aliphatic heterocycles. The van der Waals surface area contributed by atoms with Crippen molar-refractivity contribution >= 4 is 22.1 Å². The summed E-state index contributed by atoms with van der Waals surface area (Å²) >= 11 is 1.37. The van der Waals surface area contributed by atoms with Crippen LogP contribution in [0.4, 0.5) is 18.2 Å². The van der Waals surface area contributed by atoms with E-state index in [2.05, 4.69) is 11.4 Å². The van der Waals surface area contributed by atoms with Crippen molar-refractivity contribution in [1.82, 2.24) is 0 Å². The van der Waals surface area contributed by atoms with Gasteiger partial charge in [0.25, 0.3) is 5.78 Å². The van der Waals surface area contributed by atoms with E-state index in [-0.39, 0.29) is 0 Å².